The quantitative estimate of drug-likeness (QED) is 0.532. The number of guanidine groups is 1. The number of carbonyl (C=O) groups is 1. The van der Waals surface area contributed by atoms with Gasteiger partial charge in [-0.25, -0.2) is 0 Å². The molecule has 6 heteroatoms. The van der Waals surface area contributed by atoms with Crippen molar-refractivity contribution >= 4 is 23.2 Å². The first-order valence-electron chi connectivity index (χ1n) is 9.40. The Morgan fingerprint density at radius 2 is 1.89 bits per heavy atom. The molecular weight excluding hydrogens is 356 g/mol. The predicted octanol–water partition coefficient (Wildman–Crippen LogP) is 3.24. The summed E-state index contributed by atoms with van der Waals surface area (Å²) in [7, 11) is 3.88. The van der Waals surface area contributed by atoms with E-state index in [1.807, 2.05) is 44.4 Å². The Balaban J connectivity index is 1.81. The van der Waals surface area contributed by atoms with Gasteiger partial charge in [-0.1, -0.05) is 36.4 Å². The van der Waals surface area contributed by atoms with Gasteiger partial charge in [-0.3, -0.25) is 9.79 Å². The zero-order valence-corrected chi connectivity index (χ0v) is 17.3. The van der Waals surface area contributed by atoms with E-state index < -0.39 is 0 Å². The van der Waals surface area contributed by atoms with E-state index in [-0.39, 0.29) is 5.91 Å². The molecule has 0 unspecified atom stereocenters. The molecule has 0 spiro atoms. The van der Waals surface area contributed by atoms with Crippen LogP contribution in [-0.4, -0.2) is 55.4 Å². The number of nitrogens with one attached hydrogen (secondary N) is 1. The van der Waals surface area contributed by atoms with Crippen LogP contribution in [0.5, 0.6) is 0 Å². The summed E-state index contributed by atoms with van der Waals surface area (Å²) in [6, 6.07) is 14.3. The minimum absolute atomic E-state index is 0.111. The largest absolute Gasteiger partial charge is 0.357 e. The van der Waals surface area contributed by atoms with Crippen LogP contribution >= 0.6 is 11.3 Å². The van der Waals surface area contributed by atoms with Gasteiger partial charge in [0.1, 0.15) is 0 Å². The maximum atomic E-state index is 12.4. The Morgan fingerprint density at radius 3 is 2.56 bits per heavy atom. The van der Waals surface area contributed by atoms with E-state index in [0.717, 1.165) is 31.0 Å². The average molecular weight is 387 g/mol. The van der Waals surface area contributed by atoms with Crippen LogP contribution in [0.25, 0.3) is 0 Å². The van der Waals surface area contributed by atoms with Crippen molar-refractivity contribution in [3.63, 3.8) is 0 Å². The molecule has 1 heterocycles. The minimum atomic E-state index is 0.111. The summed E-state index contributed by atoms with van der Waals surface area (Å²) in [4.78, 5) is 22.3. The molecule has 0 aliphatic rings. The molecular formula is C21H30N4OS. The smallest absolute Gasteiger partial charge is 0.224 e. The van der Waals surface area contributed by atoms with Crippen molar-refractivity contribution in [1.29, 1.82) is 0 Å². The Morgan fingerprint density at radius 1 is 1.11 bits per heavy atom. The van der Waals surface area contributed by atoms with E-state index in [4.69, 9.17) is 0 Å². The third kappa shape index (κ3) is 7.43. The molecule has 5 nitrogen and oxygen atoms in total. The van der Waals surface area contributed by atoms with Gasteiger partial charge >= 0.3 is 0 Å². The molecule has 0 fully saturated rings. The van der Waals surface area contributed by atoms with Gasteiger partial charge in [-0.05, 0) is 30.4 Å². The highest BCUT2D eigenvalue weighted by molar-refractivity contribution is 7.09. The Bertz CT molecular complexity index is 700. The first kappa shape index (κ1) is 21.0. The second-order valence-corrected chi connectivity index (χ2v) is 7.50. The fourth-order valence-electron chi connectivity index (χ4n) is 2.70. The van der Waals surface area contributed by atoms with Crippen LogP contribution in [0.1, 0.15) is 23.8 Å². The van der Waals surface area contributed by atoms with Gasteiger partial charge in [-0.15, -0.1) is 11.3 Å². The Hall–Kier alpha value is -2.34. The minimum Gasteiger partial charge on any atom is -0.357 e. The van der Waals surface area contributed by atoms with Crippen molar-refractivity contribution in [2.75, 3.05) is 33.7 Å². The fourth-order valence-corrected chi connectivity index (χ4v) is 3.40. The topological polar surface area (TPSA) is 47.9 Å². The van der Waals surface area contributed by atoms with Gasteiger partial charge in [0, 0.05) is 45.0 Å². The van der Waals surface area contributed by atoms with Crippen molar-refractivity contribution in [1.82, 2.24) is 15.1 Å². The standard InChI is InChI=1S/C21H30N4OS/c1-4-22-21(24(2)15-13-19-11-8-16-27-19)23-14-12-20(26)25(3)17-18-9-6-5-7-10-18/h5-11,16H,4,12-15,17H2,1-3H3,(H,22,23). The molecule has 0 atom stereocenters. The van der Waals surface area contributed by atoms with Gasteiger partial charge in [0.05, 0.1) is 6.54 Å². The predicted molar refractivity (Wildman–Crippen MR) is 114 cm³/mol. The monoisotopic (exact) mass is 386 g/mol. The highest BCUT2D eigenvalue weighted by Crippen LogP contribution is 2.09. The van der Waals surface area contributed by atoms with Crippen LogP contribution in [0.4, 0.5) is 0 Å². The molecule has 0 radical (unpaired) electrons. The lowest BCUT2D eigenvalue weighted by Crippen LogP contribution is -2.40. The lowest BCUT2D eigenvalue weighted by Gasteiger charge is -2.22. The van der Waals surface area contributed by atoms with E-state index in [9.17, 15) is 4.79 Å². The number of hydrogen-bond acceptors (Lipinski definition) is 3. The van der Waals surface area contributed by atoms with Crippen LogP contribution in [0, 0.1) is 0 Å². The van der Waals surface area contributed by atoms with Gasteiger partial charge in [-0.2, -0.15) is 0 Å². The van der Waals surface area contributed by atoms with Crippen molar-refractivity contribution in [2.24, 2.45) is 4.99 Å². The van der Waals surface area contributed by atoms with Crippen LogP contribution in [0.2, 0.25) is 0 Å². The van der Waals surface area contributed by atoms with Gasteiger partial charge in [0.15, 0.2) is 5.96 Å². The summed E-state index contributed by atoms with van der Waals surface area (Å²) in [5.74, 6) is 0.965. The lowest BCUT2D eigenvalue weighted by atomic mass is 10.2. The van der Waals surface area contributed by atoms with Gasteiger partial charge in [0.2, 0.25) is 5.91 Å². The number of nitrogens with zero attached hydrogens (tertiary/aromatic N) is 3. The molecule has 146 valence electrons. The molecule has 1 N–H and O–H groups in total. The molecule has 1 amide bonds. The number of amides is 1. The maximum absolute atomic E-state index is 12.4. The van der Waals surface area contributed by atoms with E-state index in [2.05, 4.69) is 39.6 Å². The first-order valence-corrected chi connectivity index (χ1v) is 10.3. The summed E-state index contributed by atoms with van der Waals surface area (Å²) in [5.41, 5.74) is 1.14. The first-order chi connectivity index (χ1) is 13.1. The van der Waals surface area contributed by atoms with Crippen molar-refractivity contribution in [3.8, 4) is 0 Å². The maximum Gasteiger partial charge on any atom is 0.224 e. The van der Waals surface area contributed by atoms with Crippen LogP contribution in [-0.2, 0) is 17.8 Å². The number of hydrogen-bond donors (Lipinski definition) is 1. The number of likely N-dealkylation sites (N-methyl/N-ethyl adjacent to an activating group) is 1. The Kier molecular flexibility index (Phi) is 8.84. The molecule has 1 aromatic carbocycles. The third-order valence-electron chi connectivity index (χ3n) is 4.25. The summed E-state index contributed by atoms with van der Waals surface area (Å²) in [6.45, 7) is 4.88. The van der Waals surface area contributed by atoms with Gasteiger partial charge < -0.3 is 15.1 Å². The number of carbonyl (C=O) groups excluding carboxylic acids is 1. The molecule has 0 saturated carbocycles. The van der Waals surface area contributed by atoms with Crippen LogP contribution in [0.15, 0.2) is 52.8 Å². The van der Waals surface area contributed by atoms with Crippen molar-refractivity contribution in [2.45, 2.75) is 26.3 Å². The highest BCUT2D eigenvalue weighted by Gasteiger charge is 2.10. The molecule has 27 heavy (non-hydrogen) atoms. The molecule has 0 aliphatic carbocycles. The summed E-state index contributed by atoms with van der Waals surface area (Å²) >= 11 is 1.78. The van der Waals surface area contributed by atoms with E-state index in [1.165, 1.54) is 4.88 Å². The number of benzene rings is 1. The zero-order valence-electron chi connectivity index (χ0n) is 16.5. The van der Waals surface area contributed by atoms with E-state index in [0.29, 0.717) is 19.5 Å². The molecule has 0 bridgehead atoms. The Labute approximate surface area is 166 Å². The zero-order chi connectivity index (χ0) is 19.5. The fraction of sp³-hybridized carbons (Fsp3) is 0.429. The molecule has 0 aliphatic heterocycles. The van der Waals surface area contributed by atoms with E-state index >= 15 is 0 Å². The molecule has 2 rings (SSSR count). The van der Waals surface area contributed by atoms with Crippen molar-refractivity contribution in [3.05, 3.63) is 58.3 Å². The van der Waals surface area contributed by atoms with Crippen LogP contribution in [0.3, 0.4) is 0 Å². The summed E-state index contributed by atoms with van der Waals surface area (Å²) in [6.07, 6.45) is 1.41. The third-order valence-corrected chi connectivity index (χ3v) is 5.18. The number of rotatable bonds is 9. The molecule has 1 aromatic heterocycles. The molecule has 0 saturated heterocycles. The lowest BCUT2D eigenvalue weighted by molar-refractivity contribution is -0.130. The summed E-state index contributed by atoms with van der Waals surface area (Å²) < 4.78 is 0. The second-order valence-electron chi connectivity index (χ2n) is 6.47. The number of thiophene rings is 1. The van der Waals surface area contributed by atoms with E-state index in [1.54, 1.807) is 16.2 Å². The van der Waals surface area contributed by atoms with Crippen LogP contribution < -0.4 is 5.32 Å². The SMILES string of the molecule is CCNC(=NCCC(=O)N(C)Cc1ccccc1)N(C)CCc1cccs1. The average Bonchev–Trinajstić information content (AvgIpc) is 3.19. The number of aliphatic imine (C=N–C) groups is 1. The second kappa shape index (κ2) is 11.4. The van der Waals surface area contributed by atoms with Crippen molar-refractivity contribution < 1.29 is 4.79 Å². The highest BCUT2D eigenvalue weighted by atomic mass is 32.1. The molecule has 2 aromatic rings. The normalized spacial score (nSPS) is 11.3. The summed E-state index contributed by atoms with van der Waals surface area (Å²) in [5, 5.41) is 5.41. The van der Waals surface area contributed by atoms with Gasteiger partial charge in [0.25, 0.3) is 0 Å².